The third-order valence-electron chi connectivity index (χ3n) is 5.65. The number of hydrogen-bond donors (Lipinski definition) is 0. The number of nitrogens with zero attached hydrogens (tertiary/aromatic N) is 2. The van der Waals surface area contributed by atoms with Gasteiger partial charge < -0.3 is 14.5 Å². The molecule has 2 amide bonds. The summed E-state index contributed by atoms with van der Waals surface area (Å²) in [6, 6.07) is 22.9. The van der Waals surface area contributed by atoms with E-state index >= 15 is 0 Å². The Bertz CT molecular complexity index is 1080. The molecule has 3 aromatic carbocycles. The zero-order valence-corrected chi connectivity index (χ0v) is 19.9. The van der Waals surface area contributed by atoms with Crippen molar-refractivity contribution < 1.29 is 14.3 Å². The largest absolute Gasteiger partial charge is 0.496 e. The molecule has 0 N–H and O–H groups in total. The summed E-state index contributed by atoms with van der Waals surface area (Å²) in [7, 11) is 3.46. The van der Waals surface area contributed by atoms with Crippen molar-refractivity contribution in [2.75, 3.05) is 25.6 Å². The van der Waals surface area contributed by atoms with Crippen LogP contribution in [0.3, 0.4) is 0 Å². The number of hydrogen-bond acceptors (Lipinski definition) is 3. The molecular formula is C28H32N2O3. The predicted octanol–water partition coefficient (Wildman–Crippen LogP) is 5.26. The summed E-state index contributed by atoms with van der Waals surface area (Å²) in [4.78, 5) is 29.4. The highest BCUT2D eigenvalue weighted by Gasteiger charge is 2.20. The number of anilines is 1. The van der Waals surface area contributed by atoms with E-state index in [-0.39, 0.29) is 11.8 Å². The molecule has 0 unspecified atom stereocenters. The Labute approximate surface area is 196 Å². The molecule has 0 bridgehead atoms. The van der Waals surface area contributed by atoms with Crippen molar-refractivity contribution >= 4 is 17.5 Å². The second-order valence-corrected chi connectivity index (χ2v) is 8.23. The number of carbonyl (C=O) groups excluding carboxylic acids is 2. The number of amides is 2. The molecule has 0 aromatic heterocycles. The van der Waals surface area contributed by atoms with Gasteiger partial charge in [-0.05, 0) is 49.2 Å². The van der Waals surface area contributed by atoms with Crippen molar-refractivity contribution in [3.8, 4) is 5.75 Å². The fourth-order valence-corrected chi connectivity index (χ4v) is 3.70. The monoisotopic (exact) mass is 444 g/mol. The standard InChI is InChI=1S/C28H32N2O3/c1-5-18-29(3)27(31)19-22-12-16-25(17-13-22)30(20-24-8-6-7-9-26(24)33-4)28(32)23-14-10-21(2)11-15-23/h6-17H,5,18-20H2,1-4H3. The lowest BCUT2D eigenvalue weighted by Crippen LogP contribution is -2.31. The zero-order chi connectivity index (χ0) is 23.8. The Morgan fingerprint density at radius 1 is 0.909 bits per heavy atom. The van der Waals surface area contributed by atoms with E-state index in [4.69, 9.17) is 4.74 Å². The lowest BCUT2D eigenvalue weighted by molar-refractivity contribution is -0.129. The smallest absolute Gasteiger partial charge is 0.258 e. The topological polar surface area (TPSA) is 49.9 Å². The molecule has 0 radical (unpaired) electrons. The lowest BCUT2D eigenvalue weighted by atomic mass is 10.1. The fraction of sp³-hybridized carbons (Fsp3) is 0.286. The van der Waals surface area contributed by atoms with E-state index in [2.05, 4.69) is 6.92 Å². The maximum atomic E-state index is 13.5. The SMILES string of the molecule is CCCN(C)C(=O)Cc1ccc(N(Cc2ccccc2OC)C(=O)c2ccc(C)cc2)cc1. The van der Waals surface area contributed by atoms with E-state index in [1.54, 1.807) is 16.9 Å². The minimum atomic E-state index is -0.0904. The van der Waals surface area contributed by atoms with Crippen molar-refractivity contribution in [2.45, 2.75) is 33.2 Å². The van der Waals surface area contributed by atoms with Gasteiger partial charge in [-0.1, -0.05) is 55.0 Å². The molecule has 0 aliphatic rings. The van der Waals surface area contributed by atoms with E-state index in [0.29, 0.717) is 18.5 Å². The van der Waals surface area contributed by atoms with Crippen LogP contribution in [-0.4, -0.2) is 37.4 Å². The number of ether oxygens (including phenoxy) is 1. The van der Waals surface area contributed by atoms with Gasteiger partial charge in [0, 0.05) is 30.4 Å². The first-order chi connectivity index (χ1) is 15.9. The predicted molar refractivity (Wildman–Crippen MR) is 133 cm³/mol. The number of rotatable bonds is 9. The van der Waals surface area contributed by atoms with Gasteiger partial charge in [0.15, 0.2) is 0 Å². The molecule has 0 aliphatic carbocycles. The number of likely N-dealkylation sites (N-methyl/N-ethyl adjacent to an activating group) is 1. The molecule has 0 aliphatic heterocycles. The van der Waals surface area contributed by atoms with Crippen molar-refractivity contribution in [3.63, 3.8) is 0 Å². The van der Waals surface area contributed by atoms with Gasteiger partial charge in [0.1, 0.15) is 5.75 Å². The maximum Gasteiger partial charge on any atom is 0.258 e. The molecule has 3 rings (SSSR count). The summed E-state index contributed by atoms with van der Waals surface area (Å²) in [6.45, 7) is 5.17. The summed E-state index contributed by atoms with van der Waals surface area (Å²) >= 11 is 0. The van der Waals surface area contributed by atoms with Crippen molar-refractivity contribution in [1.82, 2.24) is 4.90 Å². The van der Waals surface area contributed by atoms with Crippen LogP contribution in [0, 0.1) is 6.92 Å². The Balaban J connectivity index is 1.89. The average molecular weight is 445 g/mol. The Morgan fingerprint density at radius 3 is 2.21 bits per heavy atom. The number of benzene rings is 3. The van der Waals surface area contributed by atoms with Crippen molar-refractivity contribution in [2.24, 2.45) is 0 Å². The van der Waals surface area contributed by atoms with E-state index < -0.39 is 0 Å². The molecule has 33 heavy (non-hydrogen) atoms. The molecule has 0 saturated heterocycles. The first kappa shape index (κ1) is 24.1. The summed E-state index contributed by atoms with van der Waals surface area (Å²) in [5, 5.41) is 0. The number of carbonyl (C=O) groups is 2. The number of aryl methyl sites for hydroxylation is 1. The van der Waals surface area contributed by atoms with Gasteiger partial charge in [-0.15, -0.1) is 0 Å². The molecule has 0 fully saturated rings. The zero-order valence-electron chi connectivity index (χ0n) is 19.9. The molecule has 3 aromatic rings. The van der Waals surface area contributed by atoms with Crippen LogP contribution in [0.1, 0.15) is 40.4 Å². The van der Waals surface area contributed by atoms with Gasteiger partial charge >= 0.3 is 0 Å². The van der Waals surface area contributed by atoms with Crippen LogP contribution >= 0.6 is 0 Å². The number of para-hydroxylation sites is 1. The maximum absolute atomic E-state index is 13.5. The minimum absolute atomic E-state index is 0.0891. The van der Waals surface area contributed by atoms with E-state index in [1.807, 2.05) is 86.8 Å². The van der Waals surface area contributed by atoms with Crippen LogP contribution in [0.2, 0.25) is 0 Å². The van der Waals surface area contributed by atoms with E-state index in [0.717, 1.165) is 41.1 Å². The highest BCUT2D eigenvalue weighted by Crippen LogP contribution is 2.25. The average Bonchev–Trinajstić information content (AvgIpc) is 2.83. The van der Waals surface area contributed by atoms with Gasteiger partial charge in [0.05, 0.1) is 20.1 Å². The first-order valence-electron chi connectivity index (χ1n) is 11.3. The van der Waals surface area contributed by atoms with E-state index in [1.165, 1.54) is 0 Å². The van der Waals surface area contributed by atoms with Crippen LogP contribution in [-0.2, 0) is 17.8 Å². The Morgan fingerprint density at radius 2 is 1.58 bits per heavy atom. The van der Waals surface area contributed by atoms with Crippen molar-refractivity contribution in [3.05, 3.63) is 95.1 Å². The molecule has 172 valence electrons. The second kappa shape index (κ2) is 11.3. The molecule has 0 saturated carbocycles. The van der Waals surface area contributed by atoms with Gasteiger partial charge in [-0.25, -0.2) is 0 Å². The normalized spacial score (nSPS) is 10.5. The quantitative estimate of drug-likeness (QED) is 0.452. The summed E-state index contributed by atoms with van der Waals surface area (Å²) in [5.74, 6) is 0.735. The van der Waals surface area contributed by atoms with Gasteiger partial charge in [-0.2, -0.15) is 0 Å². The molecular weight excluding hydrogens is 412 g/mol. The second-order valence-electron chi connectivity index (χ2n) is 8.23. The number of methoxy groups -OCH3 is 1. The van der Waals surface area contributed by atoms with Crippen LogP contribution in [0.5, 0.6) is 5.75 Å². The third-order valence-corrected chi connectivity index (χ3v) is 5.65. The highest BCUT2D eigenvalue weighted by molar-refractivity contribution is 6.06. The van der Waals surface area contributed by atoms with E-state index in [9.17, 15) is 9.59 Å². The molecule has 0 atom stereocenters. The van der Waals surface area contributed by atoms with Crippen LogP contribution in [0.15, 0.2) is 72.8 Å². The van der Waals surface area contributed by atoms with Crippen LogP contribution < -0.4 is 9.64 Å². The minimum Gasteiger partial charge on any atom is -0.496 e. The Kier molecular flexibility index (Phi) is 8.25. The van der Waals surface area contributed by atoms with Crippen LogP contribution in [0.4, 0.5) is 5.69 Å². The van der Waals surface area contributed by atoms with Crippen LogP contribution in [0.25, 0.3) is 0 Å². The summed E-state index contributed by atoms with van der Waals surface area (Å²) < 4.78 is 5.51. The fourth-order valence-electron chi connectivity index (χ4n) is 3.70. The molecule has 0 heterocycles. The Hall–Kier alpha value is -3.60. The first-order valence-corrected chi connectivity index (χ1v) is 11.3. The highest BCUT2D eigenvalue weighted by atomic mass is 16.5. The summed E-state index contributed by atoms with van der Waals surface area (Å²) in [5.41, 5.74) is 4.33. The molecule has 0 spiro atoms. The molecule has 5 heteroatoms. The van der Waals surface area contributed by atoms with Crippen molar-refractivity contribution in [1.29, 1.82) is 0 Å². The van der Waals surface area contributed by atoms with Gasteiger partial charge in [-0.3, -0.25) is 9.59 Å². The van der Waals surface area contributed by atoms with Gasteiger partial charge in [0.2, 0.25) is 5.91 Å². The summed E-state index contributed by atoms with van der Waals surface area (Å²) in [6.07, 6.45) is 1.27. The van der Waals surface area contributed by atoms with Gasteiger partial charge in [0.25, 0.3) is 5.91 Å². The lowest BCUT2D eigenvalue weighted by Gasteiger charge is -2.24. The molecule has 5 nitrogen and oxygen atoms in total. The third kappa shape index (κ3) is 6.22.